The molecular weight excluding hydrogens is 216 g/mol. The van der Waals surface area contributed by atoms with Crippen LogP contribution in [0.15, 0.2) is 9.98 Å². The summed E-state index contributed by atoms with van der Waals surface area (Å²) in [6.45, 7) is 5.58. The van der Waals surface area contributed by atoms with Crippen molar-refractivity contribution in [2.45, 2.75) is 58.8 Å². The molecule has 0 radical (unpaired) electrons. The molecule has 0 aromatic carbocycles. The maximum absolute atomic E-state index is 9.55. The number of hydrogen-bond acceptors (Lipinski definition) is 4. The highest BCUT2D eigenvalue weighted by Gasteiger charge is 1.83. The molecule has 0 aromatic rings. The van der Waals surface area contributed by atoms with Crippen LogP contribution in [0.4, 0.5) is 0 Å². The van der Waals surface area contributed by atoms with E-state index in [1.807, 2.05) is 0 Å². The van der Waals surface area contributed by atoms with E-state index in [2.05, 4.69) is 23.8 Å². The highest BCUT2D eigenvalue weighted by molar-refractivity contribution is 5.32. The second-order valence-corrected chi connectivity index (χ2v) is 3.71. The first kappa shape index (κ1) is 18.1. The Hall–Kier alpha value is -1.24. The van der Waals surface area contributed by atoms with E-state index in [1.54, 1.807) is 0 Å². The molecule has 17 heavy (non-hydrogen) atoms. The van der Waals surface area contributed by atoms with E-state index in [1.165, 1.54) is 37.8 Å². The van der Waals surface area contributed by atoms with E-state index < -0.39 is 0 Å². The molecule has 0 N–H and O–H groups in total. The van der Waals surface area contributed by atoms with Crippen molar-refractivity contribution in [3.8, 4) is 0 Å². The minimum absolute atomic E-state index is 0.650. The Balaban J connectivity index is 0. The van der Waals surface area contributed by atoms with Gasteiger partial charge in [0.25, 0.3) is 0 Å². The maximum Gasteiger partial charge on any atom is 0.234 e. The summed E-state index contributed by atoms with van der Waals surface area (Å²) in [6.07, 6.45) is 11.1. The van der Waals surface area contributed by atoms with Gasteiger partial charge in [-0.1, -0.05) is 46.0 Å². The maximum atomic E-state index is 9.55. The molecule has 0 fully saturated rings. The lowest BCUT2D eigenvalue weighted by Crippen LogP contribution is -1.79. The normalized spacial score (nSPS) is 8.35. The Morgan fingerprint density at radius 3 is 1.53 bits per heavy atom. The number of aliphatic imine (C=N–C) groups is 2. The molecule has 0 aromatic heterocycles. The summed E-state index contributed by atoms with van der Waals surface area (Å²) in [5, 5.41) is 0. The smallest absolute Gasteiger partial charge is 0.211 e. The van der Waals surface area contributed by atoms with Crippen LogP contribution in [0.1, 0.15) is 58.8 Å². The van der Waals surface area contributed by atoms with Crippen molar-refractivity contribution < 1.29 is 9.59 Å². The van der Waals surface area contributed by atoms with Crippen LogP contribution in [-0.2, 0) is 9.59 Å². The lowest BCUT2D eigenvalue weighted by atomic mass is 10.2. The van der Waals surface area contributed by atoms with Gasteiger partial charge in [-0.2, -0.15) is 0 Å². The third-order valence-corrected chi connectivity index (χ3v) is 2.13. The molecule has 0 spiro atoms. The Labute approximate surface area is 104 Å². The largest absolute Gasteiger partial charge is 0.234 e. The lowest BCUT2D eigenvalue weighted by molar-refractivity contribution is 0.560. The van der Waals surface area contributed by atoms with E-state index >= 15 is 0 Å². The Bertz CT molecular complexity index is 230. The SMILES string of the molecule is CCCCCCN=C=O.CCCCCN=C=O. The van der Waals surface area contributed by atoms with Gasteiger partial charge < -0.3 is 0 Å². The summed E-state index contributed by atoms with van der Waals surface area (Å²) in [5.41, 5.74) is 0. The topological polar surface area (TPSA) is 58.9 Å². The van der Waals surface area contributed by atoms with Crippen molar-refractivity contribution in [2.24, 2.45) is 9.98 Å². The van der Waals surface area contributed by atoms with Gasteiger partial charge in [-0.05, 0) is 12.8 Å². The summed E-state index contributed by atoms with van der Waals surface area (Å²) < 4.78 is 0. The monoisotopic (exact) mass is 240 g/mol. The molecule has 0 atom stereocenters. The Morgan fingerprint density at radius 2 is 1.12 bits per heavy atom. The van der Waals surface area contributed by atoms with Crippen LogP contribution in [0.2, 0.25) is 0 Å². The lowest BCUT2D eigenvalue weighted by Gasteiger charge is -1.90. The van der Waals surface area contributed by atoms with Gasteiger partial charge >= 0.3 is 0 Å². The van der Waals surface area contributed by atoms with Gasteiger partial charge in [-0.3, -0.25) is 0 Å². The standard InChI is InChI=1S/C7H13NO.C6H11NO/c1-2-3-4-5-6-8-7-9;1-2-3-4-5-7-6-8/h2-6H2,1H3;2-5H2,1H3. The van der Waals surface area contributed by atoms with Crippen molar-refractivity contribution in [2.75, 3.05) is 13.1 Å². The Morgan fingerprint density at radius 1 is 0.706 bits per heavy atom. The fourth-order valence-electron chi connectivity index (χ4n) is 1.15. The summed E-state index contributed by atoms with van der Waals surface area (Å²) in [4.78, 5) is 25.9. The highest BCUT2D eigenvalue weighted by Crippen LogP contribution is 1.97. The molecule has 0 unspecified atom stereocenters. The van der Waals surface area contributed by atoms with Crippen LogP contribution in [0.3, 0.4) is 0 Å². The van der Waals surface area contributed by atoms with Gasteiger partial charge in [0.2, 0.25) is 12.2 Å². The molecule has 0 rings (SSSR count). The molecule has 0 heterocycles. The third kappa shape index (κ3) is 25.2. The zero-order chi connectivity index (χ0) is 13.2. The molecule has 4 nitrogen and oxygen atoms in total. The van der Waals surface area contributed by atoms with Gasteiger partial charge in [0.1, 0.15) is 0 Å². The van der Waals surface area contributed by atoms with Crippen molar-refractivity contribution in [3.63, 3.8) is 0 Å². The summed E-state index contributed by atoms with van der Waals surface area (Å²) >= 11 is 0. The first-order valence-corrected chi connectivity index (χ1v) is 6.40. The predicted octanol–water partition coefficient (Wildman–Crippen LogP) is 3.41. The molecule has 0 aliphatic carbocycles. The second-order valence-electron chi connectivity index (χ2n) is 3.71. The number of nitrogens with zero attached hydrogens (tertiary/aromatic N) is 2. The molecule has 0 aliphatic heterocycles. The van der Waals surface area contributed by atoms with Crippen molar-refractivity contribution in [1.29, 1.82) is 0 Å². The van der Waals surface area contributed by atoms with Crippen LogP contribution in [0.25, 0.3) is 0 Å². The van der Waals surface area contributed by atoms with Gasteiger partial charge in [0.05, 0.1) is 13.1 Å². The minimum Gasteiger partial charge on any atom is -0.211 e. The van der Waals surface area contributed by atoms with Crippen LogP contribution < -0.4 is 0 Å². The zero-order valence-electron chi connectivity index (χ0n) is 11.1. The van der Waals surface area contributed by atoms with Gasteiger partial charge in [0, 0.05) is 0 Å². The number of unbranched alkanes of at least 4 members (excludes halogenated alkanes) is 5. The summed E-state index contributed by atoms with van der Waals surface area (Å²) in [7, 11) is 0. The molecule has 0 aliphatic rings. The summed E-state index contributed by atoms with van der Waals surface area (Å²) in [6, 6.07) is 0. The van der Waals surface area contributed by atoms with Gasteiger partial charge in [-0.25, -0.2) is 19.6 Å². The van der Waals surface area contributed by atoms with E-state index in [0.29, 0.717) is 13.1 Å². The van der Waals surface area contributed by atoms with Crippen LogP contribution in [-0.4, -0.2) is 25.2 Å². The zero-order valence-corrected chi connectivity index (χ0v) is 11.1. The minimum atomic E-state index is 0.650. The summed E-state index contributed by atoms with van der Waals surface area (Å²) in [5.74, 6) is 0. The van der Waals surface area contributed by atoms with E-state index in [9.17, 15) is 9.59 Å². The molecule has 4 heteroatoms. The fourth-order valence-corrected chi connectivity index (χ4v) is 1.15. The van der Waals surface area contributed by atoms with E-state index in [-0.39, 0.29) is 0 Å². The number of rotatable bonds is 9. The van der Waals surface area contributed by atoms with E-state index in [4.69, 9.17) is 0 Å². The van der Waals surface area contributed by atoms with Crippen molar-refractivity contribution >= 4 is 12.2 Å². The Kier molecular flexibility index (Phi) is 21.6. The average molecular weight is 240 g/mol. The first-order valence-electron chi connectivity index (χ1n) is 6.40. The molecular formula is C13H24N2O2. The number of isocyanates is 2. The van der Waals surface area contributed by atoms with Gasteiger partial charge in [0.15, 0.2) is 0 Å². The van der Waals surface area contributed by atoms with Crippen LogP contribution in [0, 0.1) is 0 Å². The van der Waals surface area contributed by atoms with Gasteiger partial charge in [-0.15, -0.1) is 0 Å². The second kappa shape index (κ2) is 20.2. The van der Waals surface area contributed by atoms with Crippen LogP contribution in [0.5, 0.6) is 0 Å². The third-order valence-electron chi connectivity index (χ3n) is 2.13. The average Bonchev–Trinajstić information content (AvgIpc) is 2.36. The first-order chi connectivity index (χ1) is 8.33. The molecule has 98 valence electrons. The van der Waals surface area contributed by atoms with Crippen molar-refractivity contribution in [3.05, 3.63) is 0 Å². The molecule has 0 saturated heterocycles. The van der Waals surface area contributed by atoms with Crippen LogP contribution >= 0.6 is 0 Å². The number of carbonyl (C=O) groups excluding carboxylic acids is 2. The molecule has 0 saturated carbocycles. The quantitative estimate of drug-likeness (QED) is 0.352. The fraction of sp³-hybridized carbons (Fsp3) is 0.846. The highest BCUT2D eigenvalue weighted by atomic mass is 16.1. The molecule has 0 bridgehead atoms. The molecule has 0 amide bonds. The number of hydrogen-bond donors (Lipinski definition) is 0. The van der Waals surface area contributed by atoms with Crippen molar-refractivity contribution in [1.82, 2.24) is 0 Å². The predicted molar refractivity (Wildman–Crippen MR) is 69.6 cm³/mol. The van der Waals surface area contributed by atoms with E-state index in [0.717, 1.165) is 19.3 Å².